The van der Waals surface area contributed by atoms with Gasteiger partial charge in [-0.25, -0.2) is 0 Å². The van der Waals surface area contributed by atoms with E-state index in [-0.39, 0.29) is 6.54 Å². The first-order valence-electron chi connectivity index (χ1n) is 4.95. The van der Waals surface area contributed by atoms with Gasteiger partial charge in [-0.2, -0.15) is 0 Å². The highest BCUT2D eigenvalue weighted by Gasteiger charge is 2.29. The normalized spacial score (nSPS) is 21.5. The van der Waals surface area contributed by atoms with Crippen LogP contribution in [0.4, 0.5) is 0 Å². The van der Waals surface area contributed by atoms with Crippen molar-refractivity contribution in [2.75, 3.05) is 19.7 Å². The quantitative estimate of drug-likeness (QED) is 0.267. The molecule has 0 aliphatic carbocycles. The Morgan fingerprint density at radius 2 is 1.64 bits per heavy atom. The van der Waals surface area contributed by atoms with E-state index >= 15 is 0 Å². The molecule has 0 aromatic rings. The molecule has 0 aliphatic rings. The van der Waals surface area contributed by atoms with Gasteiger partial charge in [-0.1, -0.05) is 6.92 Å². The van der Waals surface area contributed by atoms with Gasteiger partial charge in [0.15, 0.2) is 0 Å². The Morgan fingerprint density at radius 1 is 1.14 bits per heavy atom. The Kier molecular flexibility index (Phi) is 6.00. The van der Waals surface area contributed by atoms with Crippen LogP contribution in [0.25, 0.3) is 0 Å². The second-order valence-corrected chi connectivity index (χ2v) is 3.02. The van der Waals surface area contributed by atoms with Crippen LogP contribution in [0.1, 0.15) is 6.92 Å². The zero-order valence-electron chi connectivity index (χ0n) is 9.11. The Hall–Kier alpha value is -0.240. The molecule has 0 aromatic carbocycles. The van der Waals surface area contributed by atoms with Crippen molar-refractivity contribution < 1.29 is 26.9 Å². The Morgan fingerprint density at radius 3 is 2.07 bits per heavy atom. The fraction of sp³-hybridized carbons (Fsp3) is 1.00. The third-order valence-corrected chi connectivity index (χ3v) is 1.87. The van der Waals surface area contributed by atoms with Crippen LogP contribution in [0.2, 0.25) is 1.41 Å². The largest absolute Gasteiger partial charge is 0.394 e. The van der Waals surface area contributed by atoms with Crippen LogP contribution < -0.4 is 5.31 Å². The molecule has 6 nitrogen and oxygen atoms in total. The molecule has 0 bridgehead atoms. The van der Waals surface area contributed by atoms with Crippen molar-refractivity contribution in [1.82, 2.24) is 5.31 Å². The van der Waals surface area contributed by atoms with Crippen LogP contribution in [0.15, 0.2) is 0 Å². The summed E-state index contributed by atoms with van der Waals surface area (Å²) in [5.74, 6) is 0. The van der Waals surface area contributed by atoms with Gasteiger partial charge in [-0.15, -0.1) is 0 Å². The van der Waals surface area contributed by atoms with E-state index in [9.17, 15) is 15.3 Å². The fourth-order valence-corrected chi connectivity index (χ4v) is 0.933. The zero-order valence-corrected chi connectivity index (χ0v) is 8.11. The fourth-order valence-electron chi connectivity index (χ4n) is 0.933. The molecule has 14 heavy (non-hydrogen) atoms. The van der Waals surface area contributed by atoms with Crippen LogP contribution in [-0.4, -0.2) is 69.6 Å². The second kappa shape index (κ2) is 7.10. The number of hydrogen-bond donors (Lipinski definition) is 6. The number of rotatable bonds is 7. The minimum atomic E-state index is -1.63. The summed E-state index contributed by atoms with van der Waals surface area (Å²) in [6, 6.07) is 0. The summed E-state index contributed by atoms with van der Waals surface area (Å²) in [5, 5.41) is 46.5. The van der Waals surface area contributed by atoms with Crippen molar-refractivity contribution in [3.63, 3.8) is 0 Å². The highest BCUT2D eigenvalue weighted by molar-refractivity contribution is 4.81. The third-order valence-electron chi connectivity index (χ3n) is 1.87. The van der Waals surface area contributed by atoms with Gasteiger partial charge in [0, 0.05) is 6.54 Å². The first-order chi connectivity index (χ1) is 6.93. The highest BCUT2D eigenvalue weighted by Crippen LogP contribution is 2.04. The molecular weight excluding hydrogens is 190 g/mol. The van der Waals surface area contributed by atoms with E-state index in [0.29, 0.717) is 6.54 Å². The molecule has 0 heterocycles. The van der Waals surface area contributed by atoms with E-state index < -0.39 is 31.0 Å². The van der Waals surface area contributed by atoms with Crippen molar-refractivity contribution in [2.24, 2.45) is 0 Å². The number of nitrogens with one attached hydrogen (secondary N) is 1. The lowest BCUT2D eigenvalue weighted by atomic mass is 10.0. The molecule has 6 N–H and O–H groups in total. The van der Waals surface area contributed by atoms with Gasteiger partial charge in [0.1, 0.15) is 19.7 Å². The molecule has 0 aromatic heterocycles. The first kappa shape index (κ1) is 11.8. The van der Waals surface area contributed by atoms with Crippen LogP contribution >= 0.6 is 0 Å². The molecule has 0 spiro atoms. The van der Waals surface area contributed by atoms with E-state index in [1.807, 2.05) is 0 Å². The van der Waals surface area contributed by atoms with Gasteiger partial charge >= 0.3 is 0 Å². The molecule has 0 amide bonds. The highest BCUT2D eigenvalue weighted by atomic mass is 16.4. The summed E-state index contributed by atoms with van der Waals surface area (Å²) in [6.07, 6.45) is -6.07. The van der Waals surface area contributed by atoms with E-state index in [2.05, 4.69) is 0 Å². The van der Waals surface area contributed by atoms with Crippen molar-refractivity contribution >= 4 is 0 Å². The molecule has 0 saturated heterocycles. The minimum Gasteiger partial charge on any atom is -0.394 e. The topological polar surface area (TPSA) is 113 Å². The van der Waals surface area contributed by atoms with Crippen LogP contribution in [0.3, 0.4) is 0 Å². The number of aliphatic hydroxyl groups excluding tert-OH is 5. The lowest BCUT2D eigenvalue weighted by Crippen LogP contribution is -2.49. The summed E-state index contributed by atoms with van der Waals surface area (Å²) in [6.45, 7) is 1.21. The van der Waals surface area contributed by atoms with Crippen LogP contribution in [0, 0.1) is 0 Å². The lowest BCUT2D eigenvalue weighted by molar-refractivity contribution is -0.113. The average molecular weight is 210 g/mol. The molecule has 6 heteroatoms. The first-order valence-corrected chi connectivity index (χ1v) is 4.51. The van der Waals surface area contributed by atoms with Crippen molar-refractivity contribution in [2.45, 2.75) is 31.3 Å². The van der Waals surface area contributed by atoms with E-state index in [4.69, 9.17) is 11.6 Å². The summed E-state index contributed by atoms with van der Waals surface area (Å²) in [4.78, 5) is 0. The molecule has 86 valence electrons. The Balaban J connectivity index is 4.12. The maximum atomic E-state index is 9.37. The van der Waals surface area contributed by atoms with Crippen molar-refractivity contribution in [1.29, 1.82) is 0 Å². The standard InChI is InChI=1S/C8H19NO5/c1-2-9-3-5(11)7(13)8(14)6(12)4-10/h5-14H,2-4H2,1H3/t5-,6+,7+,8+/m0/s1/i/hD. The summed E-state index contributed by atoms with van der Waals surface area (Å²) >= 11 is 0. The minimum absolute atomic E-state index is 0.146. The number of hydrogen-bond acceptors (Lipinski definition) is 6. The van der Waals surface area contributed by atoms with Crippen LogP contribution in [-0.2, 0) is 0 Å². The predicted octanol–water partition coefficient (Wildman–Crippen LogP) is -2.97. The molecule has 0 unspecified atom stereocenters. The SMILES string of the molecule is [2H]N(CC)C[C@H](O)[C@@H](O)[C@H](O)[C@H](O)CO. The molecule has 4 atom stereocenters. The van der Waals surface area contributed by atoms with Crippen molar-refractivity contribution in [3.8, 4) is 0 Å². The van der Waals surface area contributed by atoms with Crippen LogP contribution in [0.5, 0.6) is 0 Å². The summed E-state index contributed by atoms with van der Waals surface area (Å²) in [5.41, 5.74) is 0. The summed E-state index contributed by atoms with van der Waals surface area (Å²) < 4.78 is 7.21. The molecule has 0 radical (unpaired) electrons. The summed E-state index contributed by atoms with van der Waals surface area (Å²) in [7, 11) is 0. The van der Waals surface area contributed by atoms with Crippen molar-refractivity contribution in [3.05, 3.63) is 0 Å². The monoisotopic (exact) mass is 210 g/mol. The van der Waals surface area contributed by atoms with Gasteiger partial charge in [0.05, 0.1) is 12.7 Å². The van der Waals surface area contributed by atoms with Gasteiger partial charge in [0.2, 0.25) is 0 Å². The zero-order chi connectivity index (χ0) is 12.0. The smallest absolute Gasteiger partial charge is 0.122 e. The van der Waals surface area contributed by atoms with E-state index in [0.717, 1.165) is 5.31 Å². The maximum absolute atomic E-state index is 9.37. The third kappa shape index (κ3) is 4.32. The second-order valence-electron chi connectivity index (χ2n) is 3.02. The maximum Gasteiger partial charge on any atom is 0.122 e. The predicted molar refractivity (Wildman–Crippen MR) is 49.7 cm³/mol. The van der Waals surface area contributed by atoms with E-state index in [1.165, 1.54) is 0 Å². The molecule has 0 saturated carbocycles. The number of aliphatic hydroxyl groups is 5. The molecule has 0 rings (SSSR count). The van der Waals surface area contributed by atoms with Gasteiger partial charge < -0.3 is 30.8 Å². The van der Waals surface area contributed by atoms with Gasteiger partial charge in [0.25, 0.3) is 0 Å². The molecular formula is C8H19NO5. The molecule has 0 fully saturated rings. The Labute approximate surface area is 84.3 Å². The lowest BCUT2D eigenvalue weighted by Gasteiger charge is -2.25. The Bertz CT molecular complexity index is 173. The average Bonchev–Trinajstić information content (AvgIpc) is 2.25. The molecule has 0 aliphatic heterocycles. The van der Waals surface area contributed by atoms with Gasteiger partial charge in [-0.3, -0.25) is 0 Å². The van der Waals surface area contributed by atoms with E-state index in [1.54, 1.807) is 6.92 Å². The van der Waals surface area contributed by atoms with Gasteiger partial charge in [-0.05, 0) is 6.54 Å². The number of likely N-dealkylation sites (N-methyl/N-ethyl adjacent to an activating group) is 1.